The molecular formula is C28H39ClN6O3S. The number of nitrogens with zero attached hydrogens (tertiary/aromatic N) is 3. The summed E-state index contributed by atoms with van der Waals surface area (Å²) < 4.78 is 33.7. The SMILES string of the molecule is CCc1cc(N2CCOCC2)ccc1Nc1ncc(Cl)c(Nc2ccccc2S(C)(=O)(O)NC(CC)CC)n1. The van der Waals surface area contributed by atoms with E-state index in [1.54, 1.807) is 24.3 Å². The topological polar surface area (TPSA) is 112 Å². The minimum Gasteiger partial charge on any atom is -0.378 e. The van der Waals surface area contributed by atoms with Crippen molar-refractivity contribution in [2.45, 2.75) is 51.0 Å². The zero-order chi connectivity index (χ0) is 28.1. The number of aryl methyl sites for hydroxylation is 1. The van der Waals surface area contributed by atoms with E-state index < -0.39 is 9.53 Å². The highest BCUT2D eigenvalue weighted by Gasteiger charge is 2.29. The van der Waals surface area contributed by atoms with Gasteiger partial charge in [0.1, 0.15) is 5.02 Å². The van der Waals surface area contributed by atoms with E-state index in [9.17, 15) is 8.76 Å². The van der Waals surface area contributed by atoms with Crippen LogP contribution in [0.5, 0.6) is 0 Å². The average molecular weight is 575 g/mol. The summed E-state index contributed by atoms with van der Waals surface area (Å²) in [7, 11) is -4.38. The molecule has 0 unspecified atom stereocenters. The van der Waals surface area contributed by atoms with Gasteiger partial charge in [-0.25, -0.2) is 9.71 Å². The van der Waals surface area contributed by atoms with E-state index in [-0.39, 0.29) is 10.9 Å². The molecule has 1 aromatic heterocycles. The Labute approximate surface area is 236 Å². The summed E-state index contributed by atoms with van der Waals surface area (Å²) in [6, 6.07) is 13.1. The number of morpholine rings is 1. The van der Waals surface area contributed by atoms with Crippen molar-refractivity contribution in [2.24, 2.45) is 0 Å². The highest BCUT2D eigenvalue weighted by Crippen LogP contribution is 2.36. The molecule has 4 N–H and O–H groups in total. The molecule has 9 nitrogen and oxygen atoms in total. The third kappa shape index (κ3) is 7.06. The van der Waals surface area contributed by atoms with Gasteiger partial charge in [0.25, 0.3) is 0 Å². The van der Waals surface area contributed by atoms with Crippen molar-refractivity contribution in [1.82, 2.24) is 14.7 Å². The zero-order valence-electron chi connectivity index (χ0n) is 23.0. The van der Waals surface area contributed by atoms with Gasteiger partial charge in [0.15, 0.2) is 5.82 Å². The van der Waals surface area contributed by atoms with E-state index >= 15 is 0 Å². The smallest absolute Gasteiger partial charge is 0.229 e. The van der Waals surface area contributed by atoms with Crippen LogP contribution in [0, 0.1) is 0 Å². The third-order valence-electron chi connectivity index (χ3n) is 6.92. The molecular weight excluding hydrogens is 536 g/mol. The first-order valence-electron chi connectivity index (χ1n) is 13.4. The van der Waals surface area contributed by atoms with Crippen LogP contribution < -0.4 is 20.3 Å². The molecule has 0 saturated carbocycles. The minimum absolute atomic E-state index is 0.103. The van der Waals surface area contributed by atoms with Gasteiger partial charge in [0, 0.05) is 36.8 Å². The van der Waals surface area contributed by atoms with Crippen LogP contribution in [0.4, 0.5) is 28.8 Å². The Morgan fingerprint density at radius 2 is 1.79 bits per heavy atom. The van der Waals surface area contributed by atoms with Gasteiger partial charge in [-0.2, -0.15) is 9.19 Å². The second-order valence-corrected chi connectivity index (χ2v) is 13.5. The number of hydrogen-bond acceptors (Lipinski definition) is 7. The fourth-order valence-electron chi connectivity index (χ4n) is 4.68. The second-order valence-electron chi connectivity index (χ2n) is 9.85. The Morgan fingerprint density at radius 1 is 1.08 bits per heavy atom. The summed E-state index contributed by atoms with van der Waals surface area (Å²) >= 11 is 6.47. The van der Waals surface area contributed by atoms with E-state index in [0.717, 1.165) is 56.8 Å². The molecule has 0 spiro atoms. The van der Waals surface area contributed by atoms with Crippen molar-refractivity contribution < 1.29 is 13.5 Å². The molecule has 0 bridgehead atoms. The summed E-state index contributed by atoms with van der Waals surface area (Å²) in [6.45, 7) is 9.30. The standard InChI is InChI=1S/C28H39ClN6O3S/c1-5-20-18-22(35-14-16-38-17-15-35)12-13-24(20)32-28-30-19-23(29)27(33-28)31-25-10-8-9-11-26(25)39(4,36,37)34-21(6-2)7-3/h8-13,18-19,21H,5-7,14-17H2,1-4H3,(H2,34,36,37)(H2,30,31,32,33). The number of nitrogens with one attached hydrogen (secondary N) is 3. The first kappa shape index (κ1) is 29.2. The number of para-hydroxylation sites is 1. The van der Waals surface area contributed by atoms with Crippen molar-refractivity contribution in [3.05, 3.63) is 59.2 Å². The highest BCUT2D eigenvalue weighted by atomic mass is 35.5. The number of halogens is 1. The number of rotatable bonds is 11. The Balaban J connectivity index is 1.60. The Hall–Kier alpha value is -2.76. The first-order valence-corrected chi connectivity index (χ1v) is 16.1. The van der Waals surface area contributed by atoms with Crippen molar-refractivity contribution >= 4 is 50.0 Å². The summed E-state index contributed by atoms with van der Waals surface area (Å²) in [4.78, 5) is 11.5. The molecule has 1 fully saturated rings. The maximum Gasteiger partial charge on any atom is 0.229 e. The van der Waals surface area contributed by atoms with Gasteiger partial charge in [-0.1, -0.05) is 44.5 Å². The first-order chi connectivity index (χ1) is 18.6. The lowest BCUT2D eigenvalue weighted by Gasteiger charge is -2.43. The molecule has 0 radical (unpaired) electrons. The summed E-state index contributed by atoms with van der Waals surface area (Å²) in [5.74, 6) is 0.691. The van der Waals surface area contributed by atoms with Crippen molar-refractivity contribution in [3.63, 3.8) is 0 Å². The van der Waals surface area contributed by atoms with Gasteiger partial charge in [0.2, 0.25) is 5.95 Å². The Morgan fingerprint density at radius 3 is 2.49 bits per heavy atom. The van der Waals surface area contributed by atoms with Crippen LogP contribution in [0.1, 0.15) is 39.2 Å². The fraction of sp³-hybridized carbons (Fsp3) is 0.429. The van der Waals surface area contributed by atoms with E-state index in [0.29, 0.717) is 22.5 Å². The fourth-order valence-corrected chi connectivity index (χ4v) is 7.10. The third-order valence-corrected chi connectivity index (χ3v) is 9.48. The van der Waals surface area contributed by atoms with Crippen molar-refractivity contribution in [2.75, 3.05) is 48.1 Å². The van der Waals surface area contributed by atoms with Crippen LogP contribution in [0.25, 0.3) is 0 Å². The number of ether oxygens (including phenoxy) is 1. The summed E-state index contributed by atoms with van der Waals surface area (Å²) in [6.07, 6.45) is 5.15. The molecule has 212 valence electrons. The molecule has 0 aliphatic carbocycles. The van der Waals surface area contributed by atoms with E-state index in [2.05, 4.69) is 49.3 Å². The number of hydrogen-bond donors (Lipinski definition) is 4. The Kier molecular flexibility index (Phi) is 9.13. The number of aromatic nitrogens is 2. The molecule has 1 aliphatic rings. The van der Waals surface area contributed by atoms with Crippen LogP contribution in [0.15, 0.2) is 53.6 Å². The van der Waals surface area contributed by atoms with Gasteiger partial charge < -0.3 is 20.3 Å². The van der Waals surface area contributed by atoms with E-state index in [1.807, 2.05) is 19.9 Å². The lowest BCUT2D eigenvalue weighted by Crippen LogP contribution is -2.51. The predicted octanol–water partition coefficient (Wildman–Crippen LogP) is 5.99. The van der Waals surface area contributed by atoms with Gasteiger partial charge in [-0.15, -0.1) is 9.53 Å². The molecule has 0 atom stereocenters. The van der Waals surface area contributed by atoms with Gasteiger partial charge in [0.05, 0.1) is 30.0 Å². The second kappa shape index (κ2) is 12.2. The number of benzene rings is 2. The highest BCUT2D eigenvalue weighted by molar-refractivity contribution is 8.13. The van der Waals surface area contributed by atoms with E-state index in [4.69, 9.17) is 16.3 Å². The summed E-state index contributed by atoms with van der Waals surface area (Å²) in [5, 5.41) is 6.78. The quantitative estimate of drug-likeness (QED) is 0.221. The molecule has 2 heterocycles. The largest absolute Gasteiger partial charge is 0.378 e. The minimum atomic E-state index is -4.38. The summed E-state index contributed by atoms with van der Waals surface area (Å²) in [5.41, 5.74) is 3.65. The molecule has 4 rings (SSSR count). The normalized spacial score (nSPS) is 15.2. The lowest BCUT2D eigenvalue weighted by molar-refractivity contribution is 0.122. The molecule has 1 aliphatic heterocycles. The molecule has 11 heteroatoms. The molecule has 3 aromatic rings. The maximum absolute atomic E-state index is 13.8. The van der Waals surface area contributed by atoms with Gasteiger partial charge in [-0.05, 0) is 55.2 Å². The zero-order valence-corrected chi connectivity index (χ0v) is 24.6. The Bertz CT molecular complexity index is 1350. The monoisotopic (exact) mass is 574 g/mol. The van der Waals surface area contributed by atoms with Crippen LogP contribution in [-0.2, 0) is 20.7 Å². The van der Waals surface area contributed by atoms with Crippen molar-refractivity contribution in [1.29, 1.82) is 0 Å². The van der Waals surface area contributed by atoms with Gasteiger partial charge >= 0.3 is 0 Å². The molecule has 0 amide bonds. The van der Waals surface area contributed by atoms with E-state index in [1.165, 1.54) is 18.1 Å². The number of anilines is 5. The van der Waals surface area contributed by atoms with Crippen LogP contribution in [0.3, 0.4) is 0 Å². The predicted molar refractivity (Wildman–Crippen MR) is 161 cm³/mol. The van der Waals surface area contributed by atoms with Crippen LogP contribution >= 0.6 is 11.6 Å². The van der Waals surface area contributed by atoms with Gasteiger partial charge in [-0.3, -0.25) is 4.55 Å². The molecule has 1 saturated heterocycles. The average Bonchev–Trinajstić information content (AvgIpc) is 2.94. The molecule has 2 aromatic carbocycles. The van der Waals surface area contributed by atoms with Crippen LogP contribution in [0.2, 0.25) is 5.02 Å². The maximum atomic E-state index is 13.8. The molecule has 39 heavy (non-hydrogen) atoms. The van der Waals surface area contributed by atoms with Crippen LogP contribution in [-0.4, -0.2) is 57.3 Å². The lowest BCUT2D eigenvalue weighted by atomic mass is 10.1. The van der Waals surface area contributed by atoms with Crippen molar-refractivity contribution in [3.8, 4) is 0 Å².